The predicted octanol–water partition coefficient (Wildman–Crippen LogP) is 3.95. The van der Waals surface area contributed by atoms with E-state index in [1.807, 2.05) is 31.2 Å². The van der Waals surface area contributed by atoms with Crippen LogP contribution in [0.5, 0.6) is 0 Å². The summed E-state index contributed by atoms with van der Waals surface area (Å²) in [5.74, 6) is 0.464. The van der Waals surface area contributed by atoms with Crippen LogP contribution in [0.2, 0.25) is 0 Å². The molecule has 3 aromatic rings. The highest BCUT2D eigenvalue weighted by atomic mass is 32.2. The molecule has 8 heteroatoms. The van der Waals surface area contributed by atoms with Gasteiger partial charge in [0.2, 0.25) is 10.0 Å². The Labute approximate surface area is 175 Å². The standard InChI is InChI=1S/C22H21N3O4S/c1-15-6-3-4-7-18(15)22(26)25-20(21-8-5-13-29-21)14-19(23-25)16-9-11-17(12-10-16)24-30(2,27)28/h3-13,20,24H,14H2,1-2H3. The van der Waals surface area contributed by atoms with Crippen LogP contribution in [-0.4, -0.2) is 31.3 Å². The zero-order chi connectivity index (χ0) is 21.3. The molecule has 0 radical (unpaired) electrons. The summed E-state index contributed by atoms with van der Waals surface area (Å²) in [7, 11) is -3.35. The first kappa shape index (κ1) is 19.9. The highest BCUT2D eigenvalue weighted by Crippen LogP contribution is 2.34. The van der Waals surface area contributed by atoms with Crippen molar-refractivity contribution in [2.75, 3.05) is 11.0 Å². The number of nitrogens with one attached hydrogen (secondary N) is 1. The smallest absolute Gasteiger partial charge is 0.274 e. The number of carbonyl (C=O) groups excluding carboxylic acids is 1. The zero-order valence-electron chi connectivity index (χ0n) is 16.6. The molecule has 2 aromatic carbocycles. The number of benzene rings is 2. The van der Waals surface area contributed by atoms with E-state index in [0.29, 0.717) is 23.4 Å². The number of carbonyl (C=O) groups is 1. The van der Waals surface area contributed by atoms with E-state index in [-0.39, 0.29) is 11.9 Å². The van der Waals surface area contributed by atoms with Crippen LogP contribution in [0.25, 0.3) is 0 Å². The summed E-state index contributed by atoms with van der Waals surface area (Å²) < 4.78 is 30.8. The van der Waals surface area contributed by atoms with Gasteiger partial charge in [0.15, 0.2) is 0 Å². The number of hydrogen-bond donors (Lipinski definition) is 1. The van der Waals surface area contributed by atoms with E-state index in [1.54, 1.807) is 42.7 Å². The summed E-state index contributed by atoms with van der Waals surface area (Å²) in [5.41, 5.74) is 3.47. The molecule has 30 heavy (non-hydrogen) atoms. The maximum atomic E-state index is 13.3. The van der Waals surface area contributed by atoms with Crippen molar-refractivity contribution < 1.29 is 17.6 Å². The number of anilines is 1. The lowest BCUT2D eigenvalue weighted by atomic mass is 10.0. The van der Waals surface area contributed by atoms with Gasteiger partial charge in [0, 0.05) is 17.7 Å². The van der Waals surface area contributed by atoms with Crippen molar-refractivity contribution in [3.05, 3.63) is 89.4 Å². The lowest BCUT2D eigenvalue weighted by molar-refractivity contribution is 0.0692. The molecule has 0 saturated heterocycles. The third kappa shape index (κ3) is 4.13. The van der Waals surface area contributed by atoms with E-state index in [9.17, 15) is 13.2 Å². The van der Waals surface area contributed by atoms with Gasteiger partial charge in [0.25, 0.3) is 5.91 Å². The van der Waals surface area contributed by atoms with Gasteiger partial charge in [-0.05, 0) is 48.4 Å². The molecule has 4 rings (SSSR count). The first-order valence-corrected chi connectivity index (χ1v) is 11.3. The molecule has 2 heterocycles. The zero-order valence-corrected chi connectivity index (χ0v) is 17.4. The number of aryl methyl sites for hydroxylation is 1. The maximum absolute atomic E-state index is 13.3. The fourth-order valence-electron chi connectivity index (χ4n) is 3.46. The van der Waals surface area contributed by atoms with E-state index in [4.69, 9.17) is 4.42 Å². The van der Waals surface area contributed by atoms with Gasteiger partial charge in [-0.1, -0.05) is 30.3 Å². The number of rotatable bonds is 5. The normalized spacial score (nSPS) is 16.4. The monoisotopic (exact) mass is 423 g/mol. The van der Waals surface area contributed by atoms with E-state index < -0.39 is 10.0 Å². The van der Waals surface area contributed by atoms with Gasteiger partial charge in [-0.25, -0.2) is 13.4 Å². The third-order valence-corrected chi connectivity index (χ3v) is 5.49. The van der Waals surface area contributed by atoms with Crippen LogP contribution in [0, 0.1) is 6.92 Å². The minimum Gasteiger partial charge on any atom is -0.467 e. The fraction of sp³-hybridized carbons (Fsp3) is 0.182. The SMILES string of the molecule is Cc1ccccc1C(=O)N1N=C(c2ccc(NS(C)(=O)=O)cc2)CC1c1ccco1. The summed E-state index contributed by atoms with van der Waals surface area (Å²) in [4.78, 5) is 13.3. The van der Waals surface area contributed by atoms with Crippen molar-refractivity contribution in [2.24, 2.45) is 5.10 Å². The molecule has 1 amide bonds. The number of nitrogens with zero attached hydrogens (tertiary/aromatic N) is 2. The second-order valence-corrected chi connectivity index (χ2v) is 8.95. The first-order valence-electron chi connectivity index (χ1n) is 9.40. The van der Waals surface area contributed by atoms with E-state index >= 15 is 0 Å². The summed E-state index contributed by atoms with van der Waals surface area (Å²) in [6.45, 7) is 1.89. The summed E-state index contributed by atoms with van der Waals surface area (Å²) in [6.07, 6.45) is 3.17. The molecule has 1 N–H and O–H groups in total. The Morgan fingerprint density at radius 3 is 2.47 bits per heavy atom. The fourth-order valence-corrected chi connectivity index (χ4v) is 4.02. The Balaban J connectivity index is 1.67. The van der Waals surface area contributed by atoms with Gasteiger partial charge >= 0.3 is 0 Å². The van der Waals surface area contributed by atoms with Gasteiger partial charge in [-0.3, -0.25) is 9.52 Å². The molecular formula is C22H21N3O4S. The highest BCUT2D eigenvalue weighted by Gasteiger charge is 2.35. The van der Waals surface area contributed by atoms with Crippen molar-refractivity contribution in [1.29, 1.82) is 0 Å². The molecule has 1 aliphatic heterocycles. The molecule has 0 bridgehead atoms. The van der Waals surface area contributed by atoms with Crippen LogP contribution >= 0.6 is 0 Å². The topological polar surface area (TPSA) is 92.0 Å². The average Bonchev–Trinajstić information content (AvgIpc) is 3.37. The number of hydrogen-bond acceptors (Lipinski definition) is 5. The van der Waals surface area contributed by atoms with Gasteiger partial charge in [-0.15, -0.1) is 0 Å². The van der Waals surface area contributed by atoms with Crippen LogP contribution < -0.4 is 4.72 Å². The van der Waals surface area contributed by atoms with Crippen LogP contribution in [0.3, 0.4) is 0 Å². The minimum atomic E-state index is -3.35. The minimum absolute atomic E-state index is 0.195. The maximum Gasteiger partial charge on any atom is 0.274 e. The molecule has 0 aliphatic carbocycles. The van der Waals surface area contributed by atoms with Crippen molar-refractivity contribution >= 4 is 27.3 Å². The molecule has 7 nitrogen and oxygen atoms in total. The molecule has 1 atom stereocenters. The first-order chi connectivity index (χ1) is 14.3. The van der Waals surface area contributed by atoms with Gasteiger partial charge in [-0.2, -0.15) is 5.10 Å². The third-order valence-electron chi connectivity index (χ3n) is 4.89. The summed E-state index contributed by atoms with van der Waals surface area (Å²) >= 11 is 0. The van der Waals surface area contributed by atoms with E-state index in [0.717, 1.165) is 23.1 Å². The van der Waals surface area contributed by atoms with Crippen LogP contribution in [0.15, 0.2) is 76.4 Å². The average molecular weight is 423 g/mol. The Bertz CT molecular complexity index is 1200. The summed E-state index contributed by atoms with van der Waals surface area (Å²) in [6, 6.07) is 17.6. The molecule has 0 fully saturated rings. The molecule has 0 spiro atoms. The Kier molecular flexibility index (Phi) is 5.17. The Hall–Kier alpha value is -3.39. The Morgan fingerprint density at radius 1 is 1.10 bits per heavy atom. The number of sulfonamides is 1. The molecular weight excluding hydrogens is 402 g/mol. The van der Waals surface area contributed by atoms with E-state index in [2.05, 4.69) is 9.82 Å². The van der Waals surface area contributed by atoms with Crippen LogP contribution in [0.1, 0.15) is 39.7 Å². The van der Waals surface area contributed by atoms with Crippen molar-refractivity contribution in [1.82, 2.24) is 5.01 Å². The molecule has 0 saturated carbocycles. The lowest BCUT2D eigenvalue weighted by Gasteiger charge is -2.20. The van der Waals surface area contributed by atoms with Crippen molar-refractivity contribution in [3.63, 3.8) is 0 Å². The molecule has 154 valence electrons. The largest absolute Gasteiger partial charge is 0.467 e. The summed E-state index contributed by atoms with van der Waals surface area (Å²) in [5, 5.41) is 6.09. The van der Waals surface area contributed by atoms with Gasteiger partial charge < -0.3 is 4.42 Å². The predicted molar refractivity (Wildman–Crippen MR) is 115 cm³/mol. The molecule has 1 aromatic heterocycles. The lowest BCUT2D eigenvalue weighted by Crippen LogP contribution is -2.27. The second kappa shape index (κ2) is 7.79. The van der Waals surface area contributed by atoms with Crippen molar-refractivity contribution in [3.8, 4) is 0 Å². The van der Waals surface area contributed by atoms with E-state index in [1.165, 1.54) is 5.01 Å². The molecule has 1 unspecified atom stereocenters. The quantitative estimate of drug-likeness (QED) is 0.673. The number of hydrazone groups is 1. The van der Waals surface area contributed by atoms with Crippen LogP contribution in [0.4, 0.5) is 5.69 Å². The van der Waals surface area contributed by atoms with Gasteiger partial charge in [0.1, 0.15) is 11.8 Å². The second-order valence-electron chi connectivity index (χ2n) is 7.20. The van der Waals surface area contributed by atoms with Crippen LogP contribution in [-0.2, 0) is 10.0 Å². The molecule has 1 aliphatic rings. The van der Waals surface area contributed by atoms with Gasteiger partial charge in [0.05, 0.1) is 18.2 Å². The number of amides is 1. The van der Waals surface area contributed by atoms with Crippen molar-refractivity contribution in [2.45, 2.75) is 19.4 Å². The highest BCUT2D eigenvalue weighted by molar-refractivity contribution is 7.92. The Morgan fingerprint density at radius 2 is 1.83 bits per heavy atom. The number of furan rings is 1.